The number of hydrogen-bond acceptors (Lipinski definition) is 7. The first kappa shape index (κ1) is 30.3. The number of ether oxygens (including phenoxy) is 2. The molecule has 0 radical (unpaired) electrons. The summed E-state index contributed by atoms with van der Waals surface area (Å²) in [6.45, 7) is 1.57. The summed E-state index contributed by atoms with van der Waals surface area (Å²) in [5.41, 5.74) is 4.45. The molecule has 0 saturated carbocycles. The number of aliphatic hydroxyl groups is 1. The fourth-order valence-corrected chi connectivity index (χ4v) is 4.83. The van der Waals surface area contributed by atoms with Crippen molar-refractivity contribution < 1.29 is 29.3 Å². The Labute approximate surface area is 241 Å². The Morgan fingerprint density at radius 2 is 1.71 bits per heavy atom. The molecule has 1 amide bonds. The number of carbonyl (C=O) groups excluding carboxylic acids is 1. The largest absolute Gasteiger partial charge is 0.481 e. The number of pyridine rings is 1. The maximum absolute atomic E-state index is 12.2. The van der Waals surface area contributed by atoms with Gasteiger partial charge in [0.25, 0.3) is 0 Å². The predicted molar refractivity (Wildman–Crippen MR) is 155 cm³/mol. The number of rotatable bonds is 14. The van der Waals surface area contributed by atoms with E-state index in [9.17, 15) is 14.7 Å². The highest BCUT2D eigenvalue weighted by atomic mass is 16.7. The zero-order chi connectivity index (χ0) is 29.0. The summed E-state index contributed by atoms with van der Waals surface area (Å²) < 4.78 is 12.9. The van der Waals surface area contributed by atoms with E-state index in [1.165, 1.54) is 0 Å². The van der Waals surface area contributed by atoms with E-state index in [0.29, 0.717) is 24.9 Å². The summed E-state index contributed by atoms with van der Waals surface area (Å²) >= 11 is 0. The van der Waals surface area contributed by atoms with Crippen LogP contribution in [0, 0.1) is 0 Å². The molecule has 9 nitrogen and oxygen atoms in total. The smallest absolute Gasteiger partial charge is 0.303 e. The molecule has 1 saturated heterocycles. The van der Waals surface area contributed by atoms with Gasteiger partial charge in [-0.3, -0.25) is 14.6 Å². The Morgan fingerprint density at radius 3 is 2.39 bits per heavy atom. The van der Waals surface area contributed by atoms with Gasteiger partial charge in [-0.15, -0.1) is 0 Å². The average molecular weight is 562 g/mol. The molecule has 0 spiro atoms. The highest BCUT2D eigenvalue weighted by Gasteiger charge is 2.32. The Kier molecular flexibility index (Phi) is 11.4. The third kappa shape index (κ3) is 9.75. The van der Waals surface area contributed by atoms with Gasteiger partial charge in [0.2, 0.25) is 5.91 Å². The van der Waals surface area contributed by atoms with E-state index >= 15 is 0 Å². The van der Waals surface area contributed by atoms with Gasteiger partial charge >= 0.3 is 5.97 Å². The van der Waals surface area contributed by atoms with Crippen molar-refractivity contribution in [2.45, 2.75) is 63.6 Å². The molecule has 1 aliphatic heterocycles. The number of carboxylic acids is 1. The van der Waals surface area contributed by atoms with Crippen molar-refractivity contribution in [3.05, 3.63) is 95.3 Å². The van der Waals surface area contributed by atoms with Crippen molar-refractivity contribution in [3.63, 3.8) is 0 Å². The number of anilines is 1. The lowest BCUT2D eigenvalue weighted by atomic mass is 9.99. The van der Waals surface area contributed by atoms with Gasteiger partial charge in [-0.2, -0.15) is 0 Å². The van der Waals surface area contributed by atoms with E-state index in [-0.39, 0.29) is 37.6 Å². The summed E-state index contributed by atoms with van der Waals surface area (Å²) in [6, 6.07) is 21.2. The van der Waals surface area contributed by atoms with E-state index in [1.807, 2.05) is 72.9 Å². The number of benzene rings is 2. The molecule has 41 heavy (non-hydrogen) atoms. The molecule has 0 unspecified atom stereocenters. The van der Waals surface area contributed by atoms with Crippen molar-refractivity contribution in [1.29, 1.82) is 0 Å². The second-order valence-corrected chi connectivity index (χ2v) is 10.5. The maximum Gasteiger partial charge on any atom is 0.303 e. The molecular weight excluding hydrogens is 522 g/mol. The number of likely N-dealkylation sites (N-methyl/N-ethyl adjacent to an activating group) is 1. The molecule has 4 rings (SSSR count). The monoisotopic (exact) mass is 561 g/mol. The van der Waals surface area contributed by atoms with Crippen LogP contribution in [-0.4, -0.2) is 58.2 Å². The Hall–Kier alpha value is -3.63. The van der Waals surface area contributed by atoms with Gasteiger partial charge in [0, 0.05) is 61.9 Å². The SMILES string of the molecule is CN(CCc1ccccn1)C[C@@H]1C[C@H](c2ccc(CO)cc2)O[C@H](c2ccc(NC(=O)CCCCC(=O)O)cc2)O1. The van der Waals surface area contributed by atoms with Crippen LogP contribution in [0.25, 0.3) is 0 Å². The lowest BCUT2D eigenvalue weighted by Crippen LogP contribution is -2.38. The molecule has 218 valence electrons. The van der Waals surface area contributed by atoms with Gasteiger partial charge in [-0.1, -0.05) is 42.5 Å². The number of aliphatic hydroxyl groups excluding tert-OH is 1. The molecule has 9 heteroatoms. The van der Waals surface area contributed by atoms with E-state index in [4.69, 9.17) is 14.6 Å². The fourth-order valence-electron chi connectivity index (χ4n) is 4.83. The van der Waals surface area contributed by atoms with Crippen molar-refractivity contribution in [3.8, 4) is 0 Å². The number of amides is 1. The van der Waals surface area contributed by atoms with Crippen LogP contribution in [0.15, 0.2) is 72.9 Å². The minimum absolute atomic E-state index is 0.00749. The quantitative estimate of drug-likeness (QED) is 0.238. The first-order valence-electron chi connectivity index (χ1n) is 14.1. The van der Waals surface area contributed by atoms with Gasteiger partial charge in [-0.05, 0) is 55.3 Å². The second-order valence-electron chi connectivity index (χ2n) is 10.5. The number of aromatic nitrogens is 1. The number of carbonyl (C=O) groups is 2. The highest BCUT2D eigenvalue weighted by Crippen LogP contribution is 2.38. The molecule has 1 aliphatic rings. The van der Waals surface area contributed by atoms with Crippen molar-refractivity contribution in [2.75, 3.05) is 25.5 Å². The van der Waals surface area contributed by atoms with E-state index < -0.39 is 12.3 Å². The van der Waals surface area contributed by atoms with Crippen molar-refractivity contribution in [2.24, 2.45) is 0 Å². The number of nitrogens with zero attached hydrogens (tertiary/aromatic N) is 2. The number of aliphatic carboxylic acids is 1. The zero-order valence-electron chi connectivity index (χ0n) is 23.4. The molecule has 2 heterocycles. The molecular formula is C32H39N3O6. The molecule has 0 aliphatic carbocycles. The molecule has 1 aromatic heterocycles. The Balaban J connectivity index is 1.39. The first-order chi connectivity index (χ1) is 19.9. The van der Waals surface area contributed by atoms with Crippen LogP contribution in [-0.2, 0) is 32.1 Å². The second kappa shape index (κ2) is 15.4. The Morgan fingerprint density at radius 1 is 0.976 bits per heavy atom. The van der Waals surface area contributed by atoms with E-state index in [0.717, 1.165) is 41.9 Å². The molecule has 0 bridgehead atoms. The topological polar surface area (TPSA) is 121 Å². The van der Waals surface area contributed by atoms with Crippen LogP contribution in [0.5, 0.6) is 0 Å². The molecule has 3 N–H and O–H groups in total. The van der Waals surface area contributed by atoms with Gasteiger partial charge < -0.3 is 29.9 Å². The normalized spacial score (nSPS) is 18.8. The summed E-state index contributed by atoms with van der Waals surface area (Å²) in [5.74, 6) is -0.996. The minimum Gasteiger partial charge on any atom is -0.481 e. The van der Waals surface area contributed by atoms with Crippen LogP contribution in [0.1, 0.15) is 66.9 Å². The van der Waals surface area contributed by atoms with Crippen molar-refractivity contribution >= 4 is 17.6 Å². The van der Waals surface area contributed by atoms with Gasteiger partial charge in [0.1, 0.15) is 0 Å². The number of nitrogens with one attached hydrogen (secondary N) is 1. The van der Waals surface area contributed by atoms with Gasteiger partial charge in [0.15, 0.2) is 6.29 Å². The van der Waals surface area contributed by atoms with Crippen LogP contribution < -0.4 is 5.32 Å². The lowest BCUT2D eigenvalue weighted by Gasteiger charge is -2.38. The average Bonchev–Trinajstić information content (AvgIpc) is 2.99. The summed E-state index contributed by atoms with van der Waals surface area (Å²) in [6.07, 6.45) is 3.86. The van der Waals surface area contributed by atoms with Crippen molar-refractivity contribution in [1.82, 2.24) is 9.88 Å². The predicted octanol–water partition coefficient (Wildman–Crippen LogP) is 4.88. The fraction of sp³-hybridized carbons (Fsp3) is 0.406. The van der Waals surface area contributed by atoms with E-state index in [2.05, 4.69) is 22.2 Å². The third-order valence-electron chi connectivity index (χ3n) is 7.12. The number of carboxylic acid groups (broad SMARTS) is 1. The van der Waals surface area contributed by atoms with Crippen LogP contribution >= 0.6 is 0 Å². The first-order valence-corrected chi connectivity index (χ1v) is 14.1. The standard InChI is InChI=1S/C32H39N3O6/c1-35(19-17-26-6-4-5-18-33-26)21-28-20-29(24-11-9-23(22-36)10-12-24)41-32(40-28)25-13-15-27(16-14-25)34-30(37)7-2-3-8-31(38)39/h4-6,9-16,18,28-29,32,36H,2-3,7-8,17,19-22H2,1H3,(H,34,37)(H,38,39)/t28-,29+,32+/m0/s1. The molecule has 3 aromatic rings. The van der Waals surface area contributed by atoms with E-state index in [1.54, 1.807) is 0 Å². The molecule has 1 fully saturated rings. The zero-order valence-corrected chi connectivity index (χ0v) is 23.4. The number of unbranched alkanes of at least 4 members (excludes halogenated alkanes) is 1. The minimum atomic E-state index is -0.851. The van der Waals surface area contributed by atoms with Gasteiger partial charge in [0.05, 0.1) is 18.8 Å². The summed E-state index contributed by atoms with van der Waals surface area (Å²) in [4.78, 5) is 29.6. The van der Waals surface area contributed by atoms with Crippen LogP contribution in [0.4, 0.5) is 5.69 Å². The van der Waals surface area contributed by atoms with Gasteiger partial charge in [-0.25, -0.2) is 0 Å². The highest BCUT2D eigenvalue weighted by molar-refractivity contribution is 5.90. The molecule has 3 atom stereocenters. The summed E-state index contributed by atoms with van der Waals surface area (Å²) in [7, 11) is 2.08. The maximum atomic E-state index is 12.2. The van der Waals surface area contributed by atoms with Crippen LogP contribution in [0.3, 0.4) is 0 Å². The third-order valence-corrected chi connectivity index (χ3v) is 7.12. The Bertz CT molecular complexity index is 1240. The number of hydrogen-bond donors (Lipinski definition) is 3. The summed E-state index contributed by atoms with van der Waals surface area (Å²) in [5, 5.41) is 21.1. The molecule has 2 aromatic carbocycles. The lowest BCUT2D eigenvalue weighted by molar-refractivity contribution is -0.252. The van der Waals surface area contributed by atoms with Crippen LogP contribution in [0.2, 0.25) is 0 Å².